The topological polar surface area (TPSA) is 82.7 Å². The van der Waals surface area contributed by atoms with Crippen LogP contribution in [0.2, 0.25) is 0 Å². The van der Waals surface area contributed by atoms with Crippen LogP contribution < -0.4 is 5.32 Å². The van der Waals surface area contributed by atoms with Crippen LogP contribution >= 0.6 is 0 Å². The number of hydrogen-bond acceptors (Lipinski definition) is 4. The van der Waals surface area contributed by atoms with Gasteiger partial charge in [-0.15, -0.1) is 0 Å². The van der Waals surface area contributed by atoms with Gasteiger partial charge < -0.3 is 19.9 Å². The molecule has 3 N–H and O–H groups in total. The van der Waals surface area contributed by atoms with Gasteiger partial charge in [0.05, 0.1) is 12.8 Å². The number of carbonyl (C=O) groups excluding carboxylic acids is 1. The second kappa shape index (κ2) is 7.34. The molecule has 0 aliphatic carbocycles. The van der Waals surface area contributed by atoms with Crippen molar-refractivity contribution in [3.63, 3.8) is 0 Å². The Kier molecular flexibility index (Phi) is 4.97. The van der Waals surface area contributed by atoms with Gasteiger partial charge >= 0.3 is 0 Å². The summed E-state index contributed by atoms with van der Waals surface area (Å²) in [5, 5.41) is 23.9. The number of rotatable bonds is 6. The van der Waals surface area contributed by atoms with Crippen molar-refractivity contribution in [2.75, 3.05) is 6.54 Å². The maximum atomic E-state index is 12.8. The summed E-state index contributed by atoms with van der Waals surface area (Å²) in [4.78, 5) is 12.8. The minimum atomic E-state index is -1.86. The van der Waals surface area contributed by atoms with Gasteiger partial charge in [-0.3, -0.25) is 4.79 Å². The molecule has 0 radical (unpaired) electrons. The first-order valence-electron chi connectivity index (χ1n) is 7.95. The zero-order valence-electron chi connectivity index (χ0n) is 13.5. The molecule has 0 aliphatic heterocycles. The lowest BCUT2D eigenvalue weighted by Crippen LogP contribution is -2.46. The van der Waals surface area contributed by atoms with Crippen LogP contribution in [0.15, 0.2) is 83.5 Å². The van der Waals surface area contributed by atoms with Gasteiger partial charge in [-0.2, -0.15) is 0 Å². The first kappa shape index (κ1) is 17.0. The van der Waals surface area contributed by atoms with E-state index in [0.717, 1.165) is 0 Å². The number of amides is 1. The second-order valence-electron chi connectivity index (χ2n) is 5.68. The van der Waals surface area contributed by atoms with Crippen LogP contribution in [0.4, 0.5) is 0 Å². The highest BCUT2D eigenvalue weighted by molar-refractivity contribution is 5.90. The summed E-state index contributed by atoms with van der Waals surface area (Å²) < 4.78 is 5.12. The van der Waals surface area contributed by atoms with Crippen LogP contribution in [0.3, 0.4) is 0 Å². The minimum Gasteiger partial charge on any atom is -0.467 e. The van der Waals surface area contributed by atoms with Crippen molar-refractivity contribution in [3.05, 3.63) is 95.9 Å². The van der Waals surface area contributed by atoms with Crippen molar-refractivity contribution in [1.29, 1.82) is 0 Å². The molecule has 0 spiro atoms. The van der Waals surface area contributed by atoms with Crippen molar-refractivity contribution >= 4 is 5.91 Å². The molecule has 5 heteroatoms. The number of aliphatic hydroxyl groups is 2. The molecule has 25 heavy (non-hydrogen) atoms. The number of nitrogens with one attached hydrogen (secondary N) is 1. The van der Waals surface area contributed by atoms with E-state index in [4.69, 9.17) is 4.42 Å². The van der Waals surface area contributed by atoms with Gasteiger partial charge in [0.1, 0.15) is 11.9 Å². The van der Waals surface area contributed by atoms with Crippen molar-refractivity contribution in [1.82, 2.24) is 5.32 Å². The van der Waals surface area contributed by atoms with Crippen LogP contribution in [0.1, 0.15) is 23.0 Å². The number of furan rings is 1. The van der Waals surface area contributed by atoms with Gasteiger partial charge in [0.2, 0.25) is 0 Å². The number of aliphatic hydroxyl groups excluding tert-OH is 1. The lowest BCUT2D eigenvalue weighted by atomic mass is 9.85. The molecule has 3 rings (SSSR count). The molecule has 3 aromatic rings. The number of hydrogen-bond donors (Lipinski definition) is 3. The Balaban J connectivity index is 1.86. The average molecular weight is 337 g/mol. The smallest absolute Gasteiger partial charge is 0.261 e. The Labute approximate surface area is 145 Å². The summed E-state index contributed by atoms with van der Waals surface area (Å²) in [6.07, 6.45) is 0.458. The van der Waals surface area contributed by atoms with Gasteiger partial charge in [-0.1, -0.05) is 60.7 Å². The Morgan fingerprint density at radius 3 is 2.00 bits per heavy atom. The van der Waals surface area contributed by atoms with Crippen molar-refractivity contribution in [2.24, 2.45) is 0 Å². The maximum absolute atomic E-state index is 12.8. The monoisotopic (exact) mass is 337 g/mol. The van der Waals surface area contributed by atoms with E-state index in [-0.39, 0.29) is 6.54 Å². The van der Waals surface area contributed by atoms with Crippen LogP contribution in [0, 0.1) is 0 Å². The minimum absolute atomic E-state index is 0.0751. The van der Waals surface area contributed by atoms with Gasteiger partial charge in [-0.05, 0) is 23.3 Å². The largest absolute Gasteiger partial charge is 0.467 e. The fourth-order valence-electron chi connectivity index (χ4n) is 2.69. The van der Waals surface area contributed by atoms with E-state index in [2.05, 4.69) is 5.32 Å². The van der Waals surface area contributed by atoms with Gasteiger partial charge in [0.25, 0.3) is 5.91 Å². The van der Waals surface area contributed by atoms with Crippen molar-refractivity contribution in [2.45, 2.75) is 11.7 Å². The molecule has 5 nitrogen and oxygen atoms in total. The first-order chi connectivity index (χ1) is 12.1. The molecule has 0 fully saturated rings. The van der Waals surface area contributed by atoms with Gasteiger partial charge in [-0.25, -0.2) is 0 Å². The molecule has 0 bridgehead atoms. The third-order valence-electron chi connectivity index (χ3n) is 4.04. The lowest BCUT2D eigenvalue weighted by Gasteiger charge is -2.28. The van der Waals surface area contributed by atoms with Crippen molar-refractivity contribution < 1.29 is 19.4 Å². The molecule has 1 atom stereocenters. The molecule has 128 valence electrons. The first-order valence-corrected chi connectivity index (χ1v) is 7.95. The van der Waals surface area contributed by atoms with Crippen LogP contribution in [0.5, 0.6) is 0 Å². The Hall–Kier alpha value is -2.89. The van der Waals surface area contributed by atoms with E-state index < -0.39 is 17.6 Å². The average Bonchev–Trinajstić information content (AvgIpc) is 3.21. The summed E-state index contributed by atoms with van der Waals surface area (Å²) in [6, 6.07) is 20.7. The van der Waals surface area contributed by atoms with E-state index in [0.29, 0.717) is 16.9 Å². The van der Waals surface area contributed by atoms with E-state index in [1.54, 1.807) is 60.7 Å². The maximum Gasteiger partial charge on any atom is 0.261 e. The van der Waals surface area contributed by atoms with E-state index in [1.807, 2.05) is 12.1 Å². The third kappa shape index (κ3) is 3.47. The zero-order chi connectivity index (χ0) is 17.7. The van der Waals surface area contributed by atoms with Gasteiger partial charge in [0, 0.05) is 0 Å². The van der Waals surface area contributed by atoms with Gasteiger partial charge in [0.15, 0.2) is 5.60 Å². The summed E-state index contributed by atoms with van der Waals surface area (Å²) in [5.74, 6) is -0.265. The predicted molar refractivity (Wildman–Crippen MR) is 92.6 cm³/mol. The van der Waals surface area contributed by atoms with Crippen LogP contribution in [-0.4, -0.2) is 22.7 Å². The third-order valence-corrected chi connectivity index (χ3v) is 4.04. The summed E-state index contributed by atoms with van der Waals surface area (Å²) in [5.41, 5.74) is -0.955. The fraction of sp³-hybridized carbons (Fsp3) is 0.150. The van der Waals surface area contributed by atoms with Crippen LogP contribution in [0.25, 0.3) is 0 Å². The Bertz CT molecular complexity index is 761. The lowest BCUT2D eigenvalue weighted by molar-refractivity contribution is -0.137. The van der Waals surface area contributed by atoms with E-state index >= 15 is 0 Å². The highest BCUT2D eigenvalue weighted by Crippen LogP contribution is 2.30. The second-order valence-corrected chi connectivity index (χ2v) is 5.68. The molecule has 1 amide bonds. The van der Waals surface area contributed by atoms with Crippen LogP contribution in [-0.2, 0) is 10.4 Å². The highest BCUT2D eigenvalue weighted by atomic mass is 16.4. The van der Waals surface area contributed by atoms with E-state index in [1.165, 1.54) is 6.26 Å². The molecule has 1 aromatic heterocycles. The quantitative estimate of drug-likeness (QED) is 0.645. The Morgan fingerprint density at radius 2 is 1.52 bits per heavy atom. The normalized spacial score (nSPS) is 12.6. The number of carbonyl (C=O) groups is 1. The highest BCUT2D eigenvalue weighted by Gasteiger charge is 2.39. The summed E-state index contributed by atoms with van der Waals surface area (Å²) in [7, 11) is 0. The molecule has 1 unspecified atom stereocenters. The molecule has 0 aliphatic rings. The fourth-order valence-corrected chi connectivity index (χ4v) is 2.69. The van der Waals surface area contributed by atoms with Crippen molar-refractivity contribution in [3.8, 4) is 0 Å². The molecule has 2 aromatic carbocycles. The zero-order valence-corrected chi connectivity index (χ0v) is 13.5. The molecule has 1 heterocycles. The molecular weight excluding hydrogens is 318 g/mol. The predicted octanol–water partition coefficient (Wildman–Crippen LogP) is 2.37. The Morgan fingerprint density at radius 1 is 0.960 bits per heavy atom. The SMILES string of the molecule is O=C(NCC(O)c1ccco1)C(O)(c1ccccc1)c1ccccc1. The summed E-state index contributed by atoms with van der Waals surface area (Å²) >= 11 is 0. The molecule has 0 saturated heterocycles. The standard InChI is InChI=1S/C20H19NO4/c22-17(18-12-7-13-25-18)14-21-19(23)20(24,15-8-3-1-4-9-15)16-10-5-2-6-11-16/h1-13,17,22,24H,14H2,(H,21,23). The molecule has 0 saturated carbocycles. The molecular formula is C20H19NO4. The number of benzene rings is 2. The van der Waals surface area contributed by atoms with E-state index in [9.17, 15) is 15.0 Å². The summed E-state index contributed by atoms with van der Waals surface area (Å²) in [6.45, 7) is -0.0751.